The summed E-state index contributed by atoms with van der Waals surface area (Å²) >= 11 is 0. The van der Waals surface area contributed by atoms with Crippen LogP contribution in [0.15, 0.2) is 0 Å². The Hall–Kier alpha value is 1.98. The molecule has 0 aromatic carbocycles. The average Bonchev–Trinajstić information content (AvgIpc) is 1.39. The molecule has 0 aromatic rings. The number of rotatable bonds is 0. The molecular weight excluding hydrogens is 191 g/mol. The van der Waals surface area contributed by atoms with Crippen LogP contribution in [0, 0.1) is 0 Å². The van der Waals surface area contributed by atoms with Crippen LogP contribution in [0.4, 0.5) is 0 Å². The molecule has 0 heterocycles. The Balaban J connectivity index is -0.00000000889. The molecule has 0 atom stereocenters. The summed E-state index contributed by atoms with van der Waals surface area (Å²) in [6.07, 6.45) is 0. The molecule has 5 heteroatoms. The first-order valence-electron chi connectivity index (χ1n) is 1.63. The first kappa shape index (κ1) is 6.98. The summed E-state index contributed by atoms with van der Waals surface area (Å²) in [4.78, 5) is 0. The third-order valence-corrected chi connectivity index (χ3v) is 0. The molecule has 5 heavy (non-hydrogen) atoms. The smallest absolute Gasteiger partial charge is 1.00 e. The van der Waals surface area contributed by atoms with Crippen molar-refractivity contribution in [1.82, 2.24) is 0 Å². The maximum Gasteiger partial charge on any atom is 2.00 e. The van der Waals surface area contributed by atoms with Gasteiger partial charge < -0.3 is 35.8 Å². The topological polar surface area (TPSA) is 63.0 Å². The van der Waals surface area contributed by atoms with Crippen molar-refractivity contribution in [3.05, 3.63) is 0 Å². The van der Waals surface area contributed by atoms with Crippen LogP contribution >= 0.6 is 0 Å². The van der Waals surface area contributed by atoms with Crippen molar-refractivity contribution in [2.45, 2.75) is 0 Å². The summed E-state index contributed by atoms with van der Waals surface area (Å²) in [7, 11) is 0. The van der Waals surface area contributed by atoms with Crippen molar-refractivity contribution in [1.29, 1.82) is 5.72 Å². The third-order valence-electron chi connectivity index (χ3n) is 0. The van der Waals surface area contributed by atoms with E-state index in [-0.39, 0.29) is 70.3 Å². The Morgan fingerprint density at radius 2 is 1.20 bits per heavy atom. The monoisotopic (exact) mass is 198 g/mol. The van der Waals surface area contributed by atoms with Gasteiger partial charge in [0, 0.05) is 0 Å². The Kier molecular flexibility index (Phi) is 52.8. The molecule has 32 valence electrons. The molecule has 0 spiro atoms. The molecule has 0 saturated carbocycles. The minimum absolute atomic E-state index is 0. The second-order valence-electron chi connectivity index (χ2n) is 0. The Morgan fingerprint density at radius 1 is 1.20 bits per heavy atom. The molecule has 0 aromatic heterocycles. The molecule has 0 aliphatic carbocycles. The van der Waals surface area contributed by atoms with Crippen molar-refractivity contribution < 1.29 is 35.8 Å². The standard InChI is InChI=1S/2ClH.2H2O.Sr/h2*1H;2*1H2;/q;;;;+2/p-2/i/hD4. The van der Waals surface area contributed by atoms with E-state index in [1.165, 1.54) is 0 Å². The largest absolute Gasteiger partial charge is 2.00 e. The predicted molar refractivity (Wildman–Crippen MR) is 13.0 cm³/mol. The van der Waals surface area contributed by atoms with E-state index in [2.05, 4.69) is 11.0 Å². The van der Waals surface area contributed by atoms with Gasteiger partial charge in [-0.15, -0.1) is 0 Å². The summed E-state index contributed by atoms with van der Waals surface area (Å²) in [5, 5.41) is 0. The molecule has 0 saturated heterocycles. The summed E-state index contributed by atoms with van der Waals surface area (Å²) < 4.78 is 21.5. The Morgan fingerprint density at radius 3 is 1.20 bits per heavy atom. The molecular formula is H4Cl2O2Sr. The van der Waals surface area contributed by atoms with Gasteiger partial charge in [-0.25, -0.2) is 0 Å². The van der Waals surface area contributed by atoms with Crippen LogP contribution in [-0.4, -0.2) is 62.2 Å². The van der Waals surface area contributed by atoms with E-state index < -0.39 is 0 Å². The third kappa shape index (κ3) is 24.2. The van der Waals surface area contributed by atoms with Gasteiger partial charge in [-0.3, -0.25) is 0 Å². The second kappa shape index (κ2) is 37.8. The molecule has 0 rings (SSSR count). The van der Waals surface area contributed by atoms with E-state index in [0.29, 0.717) is 0 Å². The van der Waals surface area contributed by atoms with Gasteiger partial charge in [-0.2, -0.15) is 0 Å². The molecule has 2 nitrogen and oxygen atoms in total. The summed E-state index contributed by atoms with van der Waals surface area (Å²) in [5.74, 6) is 0. The first-order chi connectivity index (χ1) is 2.83. The van der Waals surface area contributed by atoms with E-state index in [9.17, 15) is 0 Å². The van der Waals surface area contributed by atoms with Gasteiger partial charge in [-0.1, -0.05) is 0 Å². The van der Waals surface area contributed by atoms with Crippen molar-refractivity contribution in [3.8, 4) is 0 Å². The van der Waals surface area contributed by atoms with Crippen molar-refractivity contribution in [2.75, 3.05) is 0 Å². The van der Waals surface area contributed by atoms with E-state index in [0.717, 1.165) is 0 Å². The summed E-state index contributed by atoms with van der Waals surface area (Å²) in [5.41, 5.74) is 5.50. The fourth-order valence-corrected chi connectivity index (χ4v) is 0. The van der Waals surface area contributed by atoms with Gasteiger partial charge >= 0.3 is 45.5 Å². The van der Waals surface area contributed by atoms with Gasteiger partial charge in [0.25, 0.3) is 0 Å². The Labute approximate surface area is 86.0 Å². The molecule has 0 aliphatic heterocycles. The zero-order valence-corrected chi connectivity index (χ0v) is 7.27. The quantitative estimate of drug-likeness (QED) is 0.347. The van der Waals surface area contributed by atoms with Crippen LogP contribution in [0.3, 0.4) is 0 Å². The van der Waals surface area contributed by atoms with Crippen LogP contribution in [0.1, 0.15) is 0 Å². The molecule has 4 N–H and O–H groups in total. The van der Waals surface area contributed by atoms with Gasteiger partial charge in [0.1, 0.15) is 0 Å². The number of hydrogen-bond acceptors (Lipinski definition) is 0. The summed E-state index contributed by atoms with van der Waals surface area (Å²) in [6.45, 7) is 0. The fourth-order valence-electron chi connectivity index (χ4n) is 0. The molecule has 0 radical (unpaired) electrons. The van der Waals surface area contributed by atoms with Gasteiger partial charge in [0.05, 0.1) is 0 Å². The van der Waals surface area contributed by atoms with Crippen LogP contribution in [0.25, 0.3) is 0 Å². The van der Waals surface area contributed by atoms with Crippen molar-refractivity contribution in [2.24, 2.45) is 0 Å². The molecule has 0 fully saturated rings. The molecule has 0 unspecified atom stereocenters. The van der Waals surface area contributed by atoms with Gasteiger partial charge in [-0.05, 0) is 0 Å². The minimum atomic E-state index is 0. The van der Waals surface area contributed by atoms with Crippen LogP contribution in [-0.2, 0) is 0 Å². The maximum atomic E-state index is 5.38. The zero-order valence-electron chi connectivity index (χ0n) is 6.28. The second-order valence-corrected chi connectivity index (χ2v) is 0. The molecule has 0 aliphatic rings. The normalized spacial score (nSPS) is 8.00. The Bertz CT molecular complexity index is 18.5. The van der Waals surface area contributed by atoms with E-state index >= 15 is 0 Å². The number of halogens is 2. The van der Waals surface area contributed by atoms with E-state index in [1.54, 1.807) is 0 Å². The minimum Gasteiger partial charge on any atom is -1.00 e. The van der Waals surface area contributed by atoms with Crippen molar-refractivity contribution in [3.63, 3.8) is 0 Å². The van der Waals surface area contributed by atoms with Crippen LogP contribution in [0.2, 0.25) is 0 Å². The maximum absolute atomic E-state index is 5.38. The van der Waals surface area contributed by atoms with Gasteiger partial charge in [0.15, 0.2) is 0 Å². The van der Waals surface area contributed by atoms with E-state index in [4.69, 9.17) is 5.72 Å². The molecule has 0 amide bonds. The SMILES string of the molecule is [2H]O[2H].[2H]O[2H].[Cl-].[Cl-].[Sr+2]. The predicted octanol–water partition coefficient (Wildman–Crippen LogP) is -8.02. The number of hydrogen-bond donors (Lipinski definition) is 0. The molecule has 0 bridgehead atoms. The zero-order chi connectivity index (χ0) is 5.41. The van der Waals surface area contributed by atoms with E-state index in [1.807, 2.05) is 0 Å². The van der Waals surface area contributed by atoms with Crippen LogP contribution in [0.5, 0.6) is 0 Å². The van der Waals surface area contributed by atoms with Crippen molar-refractivity contribution >= 4 is 45.5 Å². The fraction of sp³-hybridized carbons (Fsp3) is 0. The average molecular weight is 199 g/mol. The summed E-state index contributed by atoms with van der Waals surface area (Å²) in [6, 6.07) is 0. The first-order valence-corrected chi connectivity index (χ1v) is 0. The van der Waals surface area contributed by atoms with Gasteiger partial charge in [0.2, 0.25) is 5.72 Å². The van der Waals surface area contributed by atoms with Crippen LogP contribution < -0.4 is 24.8 Å².